The number of rotatable bonds is 3. The molecule has 0 heterocycles. The summed E-state index contributed by atoms with van der Waals surface area (Å²) in [5.41, 5.74) is 10.4. The van der Waals surface area contributed by atoms with E-state index >= 15 is 0 Å². The molecule has 0 spiro atoms. The van der Waals surface area contributed by atoms with Crippen LogP contribution in [0.4, 0.5) is 0 Å². The zero-order valence-electron chi connectivity index (χ0n) is 10.6. The van der Waals surface area contributed by atoms with Crippen LogP contribution in [0.5, 0.6) is 5.75 Å². The minimum absolute atomic E-state index is 0.232. The largest absolute Gasteiger partial charge is 0.496 e. The smallest absolute Gasteiger partial charge is 0.125 e. The number of aliphatic hydroxyl groups excluding tert-OH is 1. The van der Waals surface area contributed by atoms with Gasteiger partial charge in [0, 0.05) is 12.1 Å². The molecule has 3 heteroatoms. The number of nitrogens with two attached hydrogens (primary N) is 1. The van der Waals surface area contributed by atoms with Crippen molar-refractivity contribution in [3.05, 3.63) is 28.3 Å². The molecule has 1 aromatic rings. The number of methoxy groups -OCH3 is 1. The van der Waals surface area contributed by atoms with E-state index in [4.69, 9.17) is 10.5 Å². The van der Waals surface area contributed by atoms with Crippen LogP contribution < -0.4 is 10.5 Å². The van der Waals surface area contributed by atoms with Gasteiger partial charge in [-0.1, -0.05) is 0 Å². The number of aryl methyl sites for hydroxylation is 1. The molecule has 0 aliphatic heterocycles. The number of fused-ring (bicyclic) bond motifs is 1. The van der Waals surface area contributed by atoms with E-state index in [0.29, 0.717) is 0 Å². The quantitative estimate of drug-likeness (QED) is 0.841. The lowest BCUT2D eigenvalue weighted by molar-refractivity contribution is 0.181. The van der Waals surface area contributed by atoms with Crippen LogP contribution in [0.25, 0.3) is 0 Å². The lowest BCUT2D eigenvalue weighted by Crippen LogP contribution is -2.16. The second kappa shape index (κ2) is 5.07. The number of benzene rings is 1. The summed E-state index contributed by atoms with van der Waals surface area (Å²) in [5.74, 6) is 0.779. The lowest BCUT2D eigenvalue weighted by Gasteiger charge is -2.24. The minimum Gasteiger partial charge on any atom is -0.496 e. The van der Waals surface area contributed by atoms with Gasteiger partial charge in [-0.05, 0) is 55.4 Å². The van der Waals surface area contributed by atoms with E-state index in [2.05, 4.69) is 13.0 Å². The maximum Gasteiger partial charge on any atom is 0.125 e. The summed E-state index contributed by atoms with van der Waals surface area (Å²) in [6.07, 6.45) is 4.07. The lowest BCUT2D eigenvalue weighted by atomic mass is 9.84. The molecule has 94 valence electrons. The van der Waals surface area contributed by atoms with E-state index in [1.807, 2.05) is 0 Å². The highest BCUT2D eigenvalue weighted by Crippen LogP contribution is 2.36. The van der Waals surface area contributed by atoms with Crippen LogP contribution in [-0.4, -0.2) is 18.8 Å². The molecular weight excluding hydrogens is 214 g/mol. The predicted octanol–water partition coefficient (Wildman–Crippen LogP) is 1.87. The number of hydrogen-bond donors (Lipinski definition) is 2. The maximum absolute atomic E-state index is 10.0. The fraction of sp³-hybridized carbons (Fsp3) is 0.571. The van der Waals surface area contributed by atoms with Crippen LogP contribution in [0.15, 0.2) is 6.07 Å². The summed E-state index contributed by atoms with van der Waals surface area (Å²) in [6.45, 7) is 2.30. The van der Waals surface area contributed by atoms with Crippen LogP contribution in [0.3, 0.4) is 0 Å². The summed E-state index contributed by atoms with van der Waals surface area (Å²) in [6, 6.07) is 2.08. The van der Waals surface area contributed by atoms with Crippen LogP contribution in [-0.2, 0) is 12.8 Å². The van der Waals surface area contributed by atoms with Crippen molar-refractivity contribution in [3.8, 4) is 5.75 Å². The van der Waals surface area contributed by atoms with Gasteiger partial charge in [0.2, 0.25) is 0 Å². The van der Waals surface area contributed by atoms with Crippen LogP contribution in [0, 0.1) is 6.92 Å². The molecule has 0 aromatic heterocycles. The monoisotopic (exact) mass is 235 g/mol. The first-order valence-electron chi connectivity index (χ1n) is 6.26. The third-order valence-corrected chi connectivity index (χ3v) is 3.71. The minimum atomic E-state index is -0.628. The van der Waals surface area contributed by atoms with Crippen molar-refractivity contribution < 1.29 is 9.84 Å². The van der Waals surface area contributed by atoms with Crippen molar-refractivity contribution in [2.75, 3.05) is 13.7 Å². The van der Waals surface area contributed by atoms with E-state index in [0.717, 1.165) is 29.7 Å². The van der Waals surface area contributed by atoms with Gasteiger partial charge in [-0.15, -0.1) is 0 Å². The molecule has 1 unspecified atom stereocenters. The van der Waals surface area contributed by atoms with Crippen molar-refractivity contribution in [1.29, 1.82) is 0 Å². The van der Waals surface area contributed by atoms with Crippen molar-refractivity contribution >= 4 is 0 Å². The zero-order chi connectivity index (χ0) is 12.4. The highest BCUT2D eigenvalue weighted by molar-refractivity contribution is 5.51. The second-order valence-electron chi connectivity index (χ2n) is 4.71. The van der Waals surface area contributed by atoms with E-state index in [1.54, 1.807) is 7.11 Å². The summed E-state index contributed by atoms with van der Waals surface area (Å²) >= 11 is 0. The van der Waals surface area contributed by atoms with Crippen molar-refractivity contribution in [2.45, 2.75) is 38.7 Å². The van der Waals surface area contributed by atoms with Gasteiger partial charge in [0.1, 0.15) is 5.75 Å². The fourth-order valence-electron chi connectivity index (χ4n) is 2.80. The third kappa shape index (κ3) is 2.17. The van der Waals surface area contributed by atoms with Crippen molar-refractivity contribution in [2.24, 2.45) is 5.73 Å². The Morgan fingerprint density at radius 1 is 1.41 bits per heavy atom. The molecule has 0 bridgehead atoms. The van der Waals surface area contributed by atoms with Gasteiger partial charge in [-0.2, -0.15) is 0 Å². The summed E-state index contributed by atoms with van der Waals surface area (Å²) in [4.78, 5) is 0. The highest BCUT2D eigenvalue weighted by Gasteiger charge is 2.21. The summed E-state index contributed by atoms with van der Waals surface area (Å²) in [7, 11) is 1.65. The topological polar surface area (TPSA) is 55.5 Å². The number of hydrogen-bond acceptors (Lipinski definition) is 3. The summed E-state index contributed by atoms with van der Waals surface area (Å²) < 4.78 is 5.40. The predicted molar refractivity (Wildman–Crippen MR) is 68.4 cm³/mol. The van der Waals surface area contributed by atoms with Gasteiger partial charge in [0.15, 0.2) is 0 Å². The van der Waals surface area contributed by atoms with Gasteiger partial charge in [0.05, 0.1) is 13.2 Å². The Labute approximate surface area is 103 Å². The Bertz CT molecular complexity index is 415. The van der Waals surface area contributed by atoms with Crippen LogP contribution in [0.2, 0.25) is 0 Å². The van der Waals surface area contributed by atoms with Crippen LogP contribution >= 0.6 is 0 Å². The molecule has 1 aliphatic rings. The van der Waals surface area contributed by atoms with Gasteiger partial charge in [0.25, 0.3) is 0 Å². The average Bonchev–Trinajstić information content (AvgIpc) is 2.37. The highest BCUT2D eigenvalue weighted by atomic mass is 16.5. The zero-order valence-corrected chi connectivity index (χ0v) is 10.6. The Morgan fingerprint density at radius 3 is 2.76 bits per heavy atom. The first kappa shape index (κ1) is 12.4. The number of ether oxygens (including phenoxy) is 1. The molecule has 0 amide bonds. The SMILES string of the molecule is COc1cc2c(c(C)c1C(O)CN)CCCC2. The molecule has 0 saturated carbocycles. The van der Waals surface area contributed by atoms with E-state index in [1.165, 1.54) is 24.0 Å². The first-order chi connectivity index (χ1) is 8.19. The van der Waals surface area contributed by atoms with Gasteiger partial charge in [-0.25, -0.2) is 0 Å². The molecule has 1 aliphatic carbocycles. The van der Waals surface area contributed by atoms with Gasteiger partial charge >= 0.3 is 0 Å². The second-order valence-corrected chi connectivity index (χ2v) is 4.71. The molecule has 1 aromatic carbocycles. The Kier molecular flexibility index (Phi) is 3.69. The average molecular weight is 235 g/mol. The van der Waals surface area contributed by atoms with E-state index in [9.17, 15) is 5.11 Å². The normalized spacial score (nSPS) is 16.5. The molecule has 3 N–H and O–H groups in total. The van der Waals surface area contributed by atoms with E-state index in [-0.39, 0.29) is 6.54 Å². The Hall–Kier alpha value is -1.06. The third-order valence-electron chi connectivity index (χ3n) is 3.71. The Balaban J connectivity index is 2.56. The van der Waals surface area contributed by atoms with Crippen molar-refractivity contribution in [1.82, 2.24) is 0 Å². The molecule has 0 saturated heterocycles. The molecule has 0 radical (unpaired) electrons. The molecule has 3 nitrogen and oxygen atoms in total. The Morgan fingerprint density at radius 2 is 2.12 bits per heavy atom. The first-order valence-corrected chi connectivity index (χ1v) is 6.26. The molecule has 17 heavy (non-hydrogen) atoms. The molecular formula is C14H21NO2. The fourth-order valence-corrected chi connectivity index (χ4v) is 2.80. The summed E-state index contributed by atoms with van der Waals surface area (Å²) in [5, 5.41) is 10.0. The molecule has 0 fully saturated rings. The van der Waals surface area contributed by atoms with Gasteiger partial charge < -0.3 is 15.6 Å². The van der Waals surface area contributed by atoms with E-state index < -0.39 is 6.10 Å². The van der Waals surface area contributed by atoms with Crippen LogP contribution in [0.1, 0.15) is 41.2 Å². The number of aliphatic hydroxyl groups is 1. The van der Waals surface area contributed by atoms with Crippen molar-refractivity contribution in [3.63, 3.8) is 0 Å². The van der Waals surface area contributed by atoms with Gasteiger partial charge in [-0.3, -0.25) is 0 Å². The molecule has 2 rings (SSSR count). The molecule has 1 atom stereocenters. The standard InChI is InChI=1S/C14H21NO2/c1-9-11-6-4-3-5-10(11)7-13(17-2)14(9)12(16)8-15/h7,12,16H,3-6,8,15H2,1-2H3. The maximum atomic E-state index is 10.0.